The number of nitrogens with one attached hydrogen (secondary N) is 1. The van der Waals surface area contributed by atoms with Gasteiger partial charge in [0, 0.05) is 6.54 Å². The molecule has 0 atom stereocenters. The quantitative estimate of drug-likeness (QED) is 0.726. The number of rotatable bonds is 1. The van der Waals surface area contributed by atoms with Gasteiger partial charge in [0.25, 0.3) is 0 Å². The molecule has 1 aromatic rings. The zero-order valence-corrected chi connectivity index (χ0v) is 7.69. The Hall–Kier alpha value is -1.22. The van der Waals surface area contributed by atoms with Crippen molar-refractivity contribution in [1.29, 1.82) is 0 Å². The Labute approximate surface area is 81.4 Å². The van der Waals surface area contributed by atoms with Crippen molar-refractivity contribution in [3.63, 3.8) is 0 Å². The van der Waals surface area contributed by atoms with Crippen molar-refractivity contribution in [2.24, 2.45) is 0 Å². The van der Waals surface area contributed by atoms with Gasteiger partial charge in [-0.3, -0.25) is 0 Å². The van der Waals surface area contributed by atoms with Crippen LogP contribution < -0.4 is 5.32 Å². The SMILES string of the molecule is FC1=C(c2ccc(F)cc2)CCNC1. The Morgan fingerprint density at radius 3 is 2.43 bits per heavy atom. The Morgan fingerprint density at radius 1 is 1.07 bits per heavy atom. The van der Waals surface area contributed by atoms with Gasteiger partial charge in [0.1, 0.15) is 11.6 Å². The molecule has 1 N–H and O–H groups in total. The summed E-state index contributed by atoms with van der Waals surface area (Å²) >= 11 is 0. The molecular weight excluding hydrogens is 184 g/mol. The van der Waals surface area contributed by atoms with Crippen LogP contribution in [0.4, 0.5) is 8.78 Å². The molecule has 2 rings (SSSR count). The predicted molar refractivity (Wildman–Crippen MR) is 51.9 cm³/mol. The van der Waals surface area contributed by atoms with Gasteiger partial charge >= 0.3 is 0 Å². The van der Waals surface area contributed by atoms with Crippen LogP contribution in [0.1, 0.15) is 12.0 Å². The number of halogens is 2. The van der Waals surface area contributed by atoms with E-state index in [2.05, 4.69) is 5.32 Å². The Morgan fingerprint density at radius 2 is 1.79 bits per heavy atom. The van der Waals surface area contributed by atoms with Crippen molar-refractivity contribution in [3.8, 4) is 0 Å². The molecule has 0 bridgehead atoms. The van der Waals surface area contributed by atoms with Gasteiger partial charge in [0.2, 0.25) is 0 Å². The van der Waals surface area contributed by atoms with Crippen LogP contribution in [0.15, 0.2) is 30.1 Å². The van der Waals surface area contributed by atoms with Crippen molar-refractivity contribution >= 4 is 5.57 Å². The molecule has 0 aromatic heterocycles. The third-order valence-corrected chi connectivity index (χ3v) is 2.35. The maximum absolute atomic E-state index is 13.4. The predicted octanol–water partition coefficient (Wildman–Crippen LogP) is 2.50. The largest absolute Gasteiger partial charge is 0.310 e. The molecule has 1 aliphatic rings. The number of benzene rings is 1. The molecule has 3 heteroatoms. The third kappa shape index (κ3) is 1.82. The second-order valence-electron chi connectivity index (χ2n) is 3.32. The lowest BCUT2D eigenvalue weighted by atomic mass is 10.00. The summed E-state index contributed by atoms with van der Waals surface area (Å²) in [6.45, 7) is 1.06. The molecule has 14 heavy (non-hydrogen) atoms. The van der Waals surface area contributed by atoms with E-state index in [0.29, 0.717) is 12.0 Å². The molecule has 1 heterocycles. The number of hydrogen-bond acceptors (Lipinski definition) is 1. The van der Waals surface area contributed by atoms with Gasteiger partial charge in [0.15, 0.2) is 0 Å². The van der Waals surface area contributed by atoms with Gasteiger partial charge in [-0.05, 0) is 36.2 Å². The van der Waals surface area contributed by atoms with Crippen molar-refractivity contribution in [1.82, 2.24) is 5.32 Å². The van der Waals surface area contributed by atoms with Gasteiger partial charge < -0.3 is 5.32 Å². The van der Waals surface area contributed by atoms with Gasteiger partial charge in [0.05, 0.1) is 0 Å². The van der Waals surface area contributed by atoms with E-state index in [1.165, 1.54) is 12.1 Å². The Kier molecular flexibility index (Phi) is 2.59. The molecule has 0 unspecified atom stereocenters. The maximum Gasteiger partial charge on any atom is 0.123 e. The lowest BCUT2D eigenvalue weighted by Crippen LogP contribution is -2.23. The molecule has 74 valence electrons. The van der Waals surface area contributed by atoms with Crippen molar-refractivity contribution < 1.29 is 8.78 Å². The van der Waals surface area contributed by atoms with Gasteiger partial charge in [-0.15, -0.1) is 0 Å². The van der Waals surface area contributed by atoms with Crippen LogP contribution in [0.2, 0.25) is 0 Å². The molecule has 0 saturated carbocycles. The summed E-state index contributed by atoms with van der Waals surface area (Å²) in [7, 11) is 0. The molecule has 0 aliphatic carbocycles. The maximum atomic E-state index is 13.4. The Bertz CT molecular complexity index is 354. The lowest BCUT2D eigenvalue weighted by Gasteiger charge is -2.16. The average molecular weight is 195 g/mol. The molecule has 1 aromatic carbocycles. The van der Waals surface area contributed by atoms with Crippen LogP contribution in [0.25, 0.3) is 5.57 Å². The van der Waals surface area contributed by atoms with Crippen LogP contribution in [0.5, 0.6) is 0 Å². The minimum atomic E-state index is -0.288. The molecule has 0 saturated heterocycles. The van der Waals surface area contributed by atoms with Crippen LogP contribution >= 0.6 is 0 Å². The van der Waals surface area contributed by atoms with Crippen LogP contribution in [-0.2, 0) is 0 Å². The highest BCUT2D eigenvalue weighted by molar-refractivity contribution is 5.68. The molecule has 0 fully saturated rings. The first kappa shape index (κ1) is 9.34. The molecule has 0 radical (unpaired) electrons. The fourth-order valence-electron chi connectivity index (χ4n) is 1.61. The first-order chi connectivity index (χ1) is 6.77. The standard InChI is InChI=1S/C11H11F2N/c12-9-3-1-8(2-4-9)10-5-6-14-7-11(10)13/h1-4,14H,5-7H2. The van der Waals surface area contributed by atoms with Crippen LogP contribution in [-0.4, -0.2) is 13.1 Å². The first-order valence-corrected chi connectivity index (χ1v) is 4.61. The van der Waals surface area contributed by atoms with E-state index in [4.69, 9.17) is 0 Å². The smallest absolute Gasteiger partial charge is 0.123 e. The lowest BCUT2D eigenvalue weighted by molar-refractivity contribution is 0.551. The highest BCUT2D eigenvalue weighted by atomic mass is 19.1. The highest BCUT2D eigenvalue weighted by Crippen LogP contribution is 2.25. The van der Waals surface area contributed by atoms with E-state index in [0.717, 1.165) is 12.1 Å². The van der Waals surface area contributed by atoms with Crippen molar-refractivity contribution in [2.45, 2.75) is 6.42 Å². The topological polar surface area (TPSA) is 12.0 Å². The first-order valence-electron chi connectivity index (χ1n) is 4.61. The van der Waals surface area contributed by atoms with E-state index >= 15 is 0 Å². The van der Waals surface area contributed by atoms with Crippen LogP contribution in [0, 0.1) is 5.82 Å². The second kappa shape index (κ2) is 3.88. The Balaban J connectivity index is 2.34. The summed E-state index contributed by atoms with van der Waals surface area (Å²) in [5, 5.41) is 2.94. The zero-order valence-electron chi connectivity index (χ0n) is 7.69. The summed E-state index contributed by atoms with van der Waals surface area (Å²) in [6.07, 6.45) is 0.664. The summed E-state index contributed by atoms with van der Waals surface area (Å²) in [5.74, 6) is -0.424. The normalized spacial score (nSPS) is 17.3. The summed E-state index contributed by atoms with van der Waals surface area (Å²) < 4.78 is 26.0. The molecule has 1 nitrogen and oxygen atoms in total. The fraction of sp³-hybridized carbons (Fsp3) is 0.273. The molecular formula is C11H11F2N. The molecule has 0 amide bonds. The van der Waals surface area contributed by atoms with E-state index < -0.39 is 0 Å². The second-order valence-corrected chi connectivity index (χ2v) is 3.32. The van der Waals surface area contributed by atoms with E-state index in [1.807, 2.05) is 0 Å². The summed E-state index contributed by atoms with van der Waals surface area (Å²) in [6, 6.07) is 5.96. The van der Waals surface area contributed by atoms with E-state index in [1.54, 1.807) is 12.1 Å². The minimum Gasteiger partial charge on any atom is -0.310 e. The third-order valence-electron chi connectivity index (χ3n) is 2.35. The van der Waals surface area contributed by atoms with Crippen LogP contribution in [0.3, 0.4) is 0 Å². The van der Waals surface area contributed by atoms with Gasteiger partial charge in [-0.1, -0.05) is 12.1 Å². The van der Waals surface area contributed by atoms with Crippen molar-refractivity contribution in [3.05, 3.63) is 41.5 Å². The minimum absolute atomic E-state index is 0.136. The van der Waals surface area contributed by atoms with Gasteiger partial charge in [-0.2, -0.15) is 0 Å². The molecule has 0 spiro atoms. The summed E-state index contributed by atoms with van der Waals surface area (Å²) in [4.78, 5) is 0. The monoisotopic (exact) mass is 195 g/mol. The van der Waals surface area contributed by atoms with Gasteiger partial charge in [-0.25, -0.2) is 8.78 Å². The highest BCUT2D eigenvalue weighted by Gasteiger charge is 2.13. The zero-order chi connectivity index (χ0) is 9.97. The summed E-state index contributed by atoms with van der Waals surface area (Å²) in [5.41, 5.74) is 1.48. The van der Waals surface area contributed by atoms with E-state index in [-0.39, 0.29) is 18.2 Å². The van der Waals surface area contributed by atoms with Crippen molar-refractivity contribution in [2.75, 3.05) is 13.1 Å². The number of hydrogen-bond donors (Lipinski definition) is 1. The fourth-order valence-corrected chi connectivity index (χ4v) is 1.61. The van der Waals surface area contributed by atoms with E-state index in [9.17, 15) is 8.78 Å². The average Bonchev–Trinajstić information content (AvgIpc) is 2.20. The molecule has 1 aliphatic heterocycles.